The van der Waals surface area contributed by atoms with Gasteiger partial charge in [0.05, 0.1) is 0 Å². The van der Waals surface area contributed by atoms with Crippen LogP contribution in [0.1, 0.15) is 113 Å². The van der Waals surface area contributed by atoms with Gasteiger partial charge in [-0.15, -0.1) is 0 Å². The SMILES string of the molecule is CC(C)O.CCCC(CCC)CCCC(C)CCCC(C)C. The van der Waals surface area contributed by atoms with Crippen molar-refractivity contribution in [3.8, 4) is 0 Å². The topological polar surface area (TPSA) is 20.2 Å². The monoisotopic (exact) mass is 314 g/mol. The summed E-state index contributed by atoms with van der Waals surface area (Å²) in [6, 6.07) is 0. The summed E-state index contributed by atoms with van der Waals surface area (Å²) in [5.41, 5.74) is 0. The average molecular weight is 315 g/mol. The zero-order chi connectivity index (χ0) is 17.4. The van der Waals surface area contributed by atoms with E-state index >= 15 is 0 Å². The molecule has 0 aromatic heterocycles. The minimum absolute atomic E-state index is 0.167. The Morgan fingerprint density at radius 1 is 0.636 bits per heavy atom. The summed E-state index contributed by atoms with van der Waals surface area (Å²) in [7, 11) is 0. The van der Waals surface area contributed by atoms with Gasteiger partial charge in [-0.25, -0.2) is 0 Å². The van der Waals surface area contributed by atoms with Crippen LogP contribution in [0.2, 0.25) is 0 Å². The van der Waals surface area contributed by atoms with Crippen molar-refractivity contribution >= 4 is 0 Å². The Morgan fingerprint density at radius 3 is 1.41 bits per heavy atom. The van der Waals surface area contributed by atoms with Crippen molar-refractivity contribution in [3.05, 3.63) is 0 Å². The van der Waals surface area contributed by atoms with Crippen molar-refractivity contribution in [2.45, 2.75) is 119 Å². The van der Waals surface area contributed by atoms with Crippen LogP contribution in [-0.2, 0) is 0 Å². The second-order valence-corrected chi connectivity index (χ2v) is 7.90. The molecule has 22 heavy (non-hydrogen) atoms. The van der Waals surface area contributed by atoms with Gasteiger partial charge in [-0.3, -0.25) is 0 Å². The standard InChI is InChI=1S/C18H38.C3H8O/c1-6-10-18(11-7-2)15-9-14-17(5)13-8-12-16(3)4;1-3(2)4/h16-18H,6-15H2,1-5H3;3-4H,1-2H3. The van der Waals surface area contributed by atoms with Crippen LogP contribution in [0.4, 0.5) is 0 Å². The molecule has 0 saturated heterocycles. The highest BCUT2D eigenvalue weighted by atomic mass is 16.3. The second kappa shape index (κ2) is 17.3. The highest BCUT2D eigenvalue weighted by Crippen LogP contribution is 2.23. The van der Waals surface area contributed by atoms with Crippen molar-refractivity contribution in [2.75, 3.05) is 0 Å². The summed E-state index contributed by atoms with van der Waals surface area (Å²) in [5.74, 6) is 2.85. The molecule has 0 spiro atoms. The van der Waals surface area contributed by atoms with E-state index in [1.807, 2.05) is 0 Å². The van der Waals surface area contributed by atoms with Crippen molar-refractivity contribution < 1.29 is 5.11 Å². The molecule has 0 bridgehead atoms. The predicted molar refractivity (Wildman–Crippen MR) is 102 cm³/mol. The first-order chi connectivity index (χ1) is 10.3. The fraction of sp³-hybridized carbons (Fsp3) is 1.00. The first kappa shape index (κ1) is 24.2. The predicted octanol–water partition coefficient (Wildman–Crippen LogP) is 7.22. The lowest BCUT2D eigenvalue weighted by Gasteiger charge is -2.17. The van der Waals surface area contributed by atoms with Crippen LogP contribution < -0.4 is 0 Å². The third kappa shape index (κ3) is 22.2. The average Bonchev–Trinajstić information content (AvgIpc) is 2.38. The highest BCUT2D eigenvalue weighted by Gasteiger charge is 2.08. The Balaban J connectivity index is 0. The minimum atomic E-state index is -0.167. The van der Waals surface area contributed by atoms with Gasteiger partial charge in [0.1, 0.15) is 0 Å². The van der Waals surface area contributed by atoms with Crippen molar-refractivity contribution in [2.24, 2.45) is 17.8 Å². The lowest BCUT2D eigenvalue weighted by Crippen LogP contribution is -2.02. The van der Waals surface area contributed by atoms with E-state index in [-0.39, 0.29) is 6.10 Å². The molecule has 0 saturated carbocycles. The van der Waals surface area contributed by atoms with Gasteiger partial charge in [0.2, 0.25) is 0 Å². The molecule has 0 amide bonds. The van der Waals surface area contributed by atoms with Crippen LogP contribution in [0.5, 0.6) is 0 Å². The van der Waals surface area contributed by atoms with Crippen LogP contribution in [0, 0.1) is 17.8 Å². The molecule has 136 valence electrons. The fourth-order valence-electron chi connectivity index (χ4n) is 3.02. The Morgan fingerprint density at radius 2 is 1.05 bits per heavy atom. The van der Waals surface area contributed by atoms with Gasteiger partial charge in [0.15, 0.2) is 0 Å². The molecule has 0 aromatic rings. The Kier molecular flexibility index (Phi) is 19.1. The zero-order valence-corrected chi connectivity index (χ0v) is 16.8. The molecule has 0 aliphatic carbocycles. The number of aliphatic hydroxyl groups is 1. The van der Waals surface area contributed by atoms with Crippen molar-refractivity contribution in [3.63, 3.8) is 0 Å². The summed E-state index contributed by atoms with van der Waals surface area (Å²) >= 11 is 0. The van der Waals surface area contributed by atoms with E-state index in [1.54, 1.807) is 13.8 Å². The van der Waals surface area contributed by atoms with Crippen molar-refractivity contribution in [1.82, 2.24) is 0 Å². The largest absolute Gasteiger partial charge is 0.394 e. The normalized spacial score (nSPS) is 12.7. The molecule has 0 rings (SSSR count). The zero-order valence-electron chi connectivity index (χ0n) is 16.8. The van der Waals surface area contributed by atoms with Crippen LogP contribution in [0.25, 0.3) is 0 Å². The lowest BCUT2D eigenvalue weighted by molar-refractivity contribution is 0.216. The fourth-order valence-corrected chi connectivity index (χ4v) is 3.02. The van der Waals surface area contributed by atoms with Gasteiger partial charge in [-0.1, -0.05) is 98.8 Å². The maximum Gasteiger partial charge on any atom is 0.0483 e. The number of aliphatic hydroxyl groups excluding tert-OH is 1. The molecule has 1 atom stereocenters. The minimum Gasteiger partial charge on any atom is -0.394 e. The van der Waals surface area contributed by atoms with Gasteiger partial charge in [-0.05, 0) is 31.6 Å². The molecular formula is C21H46O. The van der Waals surface area contributed by atoms with Gasteiger partial charge in [0, 0.05) is 6.10 Å². The Bertz CT molecular complexity index is 189. The summed E-state index contributed by atoms with van der Waals surface area (Å²) in [5, 5.41) is 8.06. The molecule has 1 N–H and O–H groups in total. The molecule has 1 unspecified atom stereocenters. The van der Waals surface area contributed by atoms with E-state index < -0.39 is 0 Å². The lowest BCUT2D eigenvalue weighted by atomic mass is 9.89. The van der Waals surface area contributed by atoms with E-state index in [2.05, 4.69) is 34.6 Å². The molecule has 1 heteroatoms. The van der Waals surface area contributed by atoms with Crippen LogP contribution >= 0.6 is 0 Å². The molecule has 1 nitrogen and oxygen atoms in total. The Labute approximate surface area is 142 Å². The van der Waals surface area contributed by atoms with E-state index in [9.17, 15) is 0 Å². The quantitative estimate of drug-likeness (QED) is 0.403. The maximum absolute atomic E-state index is 8.06. The van der Waals surface area contributed by atoms with E-state index in [1.165, 1.54) is 64.2 Å². The van der Waals surface area contributed by atoms with Crippen molar-refractivity contribution in [1.29, 1.82) is 0 Å². The van der Waals surface area contributed by atoms with Gasteiger partial charge in [0.25, 0.3) is 0 Å². The molecule has 0 aliphatic heterocycles. The van der Waals surface area contributed by atoms with E-state index in [4.69, 9.17) is 5.11 Å². The number of hydrogen-bond acceptors (Lipinski definition) is 1. The first-order valence-electron chi connectivity index (χ1n) is 10.0. The molecular weight excluding hydrogens is 268 g/mol. The van der Waals surface area contributed by atoms with Gasteiger partial charge < -0.3 is 5.11 Å². The first-order valence-corrected chi connectivity index (χ1v) is 10.0. The summed E-state index contributed by atoms with van der Waals surface area (Å²) in [6.07, 6.45) is 14.2. The Hall–Kier alpha value is -0.0400. The van der Waals surface area contributed by atoms with Crippen LogP contribution in [0.15, 0.2) is 0 Å². The molecule has 0 fully saturated rings. The maximum atomic E-state index is 8.06. The highest BCUT2D eigenvalue weighted by molar-refractivity contribution is 4.61. The molecule has 0 heterocycles. The third-order valence-electron chi connectivity index (χ3n) is 4.18. The molecule has 0 radical (unpaired) electrons. The van der Waals surface area contributed by atoms with Gasteiger partial charge >= 0.3 is 0 Å². The summed E-state index contributed by atoms with van der Waals surface area (Å²) < 4.78 is 0. The number of rotatable bonds is 12. The van der Waals surface area contributed by atoms with E-state index in [0.717, 1.165) is 17.8 Å². The van der Waals surface area contributed by atoms with Gasteiger partial charge in [-0.2, -0.15) is 0 Å². The summed E-state index contributed by atoms with van der Waals surface area (Å²) in [4.78, 5) is 0. The number of hydrogen-bond donors (Lipinski definition) is 1. The van der Waals surface area contributed by atoms with Crippen LogP contribution in [0.3, 0.4) is 0 Å². The van der Waals surface area contributed by atoms with Crippen LogP contribution in [-0.4, -0.2) is 11.2 Å². The molecule has 0 aliphatic rings. The second-order valence-electron chi connectivity index (χ2n) is 7.90. The molecule has 0 aromatic carbocycles. The van der Waals surface area contributed by atoms with E-state index in [0.29, 0.717) is 0 Å². The third-order valence-corrected chi connectivity index (χ3v) is 4.18. The smallest absolute Gasteiger partial charge is 0.0483 e. The summed E-state index contributed by atoms with van der Waals surface area (Å²) in [6.45, 7) is 15.2.